The van der Waals surface area contributed by atoms with E-state index in [4.69, 9.17) is 0 Å². The molecule has 0 radical (unpaired) electrons. The first kappa shape index (κ1) is 20.6. The molecule has 2 heterocycles. The fourth-order valence-corrected chi connectivity index (χ4v) is 4.69. The van der Waals surface area contributed by atoms with Gasteiger partial charge < -0.3 is 14.7 Å². The molecule has 2 amide bonds. The summed E-state index contributed by atoms with van der Waals surface area (Å²) >= 11 is 0. The number of piperazine rings is 1. The predicted molar refractivity (Wildman–Crippen MR) is 118 cm³/mol. The van der Waals surface area contributed by atoms with E-state index in [9.17, 15) is 9.59 Å². The Kier molecular flexibility index (Phi) is 6.18. The van der Waals surface area contributed by atoms with Gasteiger partial charge in [0, 0.05) is 44.2 Å². The van der Waals surface area contributed by atoms with Crippen molar-refractivity contribution in [3.63, 3.8) is 0 Å². The molecular formula is C25H31N3O2. The Bertz CT molecular complexity index is 890. The monoisotopic (exact) mass is 405 g/mol. The lowest BCUT2D eigenvalue weighted by molar-refractivity contribution is -0.142. The lowest BCUT2D eigenvalue weighted by Gasteiger charge is -2.43. The summed E-state index contributed by atoms with van der Waals surface area (Å²) in [5.74, 6) is 0.334. The van der Waals surface area contributed by atoms with Crippen LogP contribution in [0.1, 0.15) is 40.4 Å². The van der Waals surface area contributed by atoms with Crippen molar-refractivity contribution in [2.24, 2.45) is 5.92 Å². The van der Waals surface area contributed by atoms with Crippen LogP contribution >= 0.6 is 0 Å². The smallest absolute Gasteiger partial charge is 0.254 e. The zero-order valence-electron chi connectivity index (χ0n) is 18.0. The van der Waals surface area contributed by atoms with Crippen LogP contribution in [0.4, 0.5) is 0 Å². The van der Waals surface area contributed by atoms with Crippen LogP contribution < -0.4 is 0 Å². The average Bonchev–Trinajstić information content (AvgIpc) is 2.79. The maximum absolute atomic E-state index is 13.4. The number of nitrogens with zero attached hydrogens (tertiary/aromatic N) is 3. The van der Waals surface area contributed by atoms with E-state index in [1.165, 1.54) is 5.56 Å². The predicted octanol–water partition coefficient (Wildman–Crippen LogP) is 3.36. The molecule has 0 saturated carbocycles. The summed E-state index contributed by atoms with van der Waals surface area (Å²) in [6.45, 7) is 5.79. The van der Waals surface area contributed by atoms with Crippen LogP contribution in [0.25, 0.3) is 0 Å². The molecule has 2 saturated heterocycles. The Hall–Kier alpha value is -2.66. The molecule has 158 valence electrons. The highest BCUT2D eigenvalue weighted by Crippen LogP contribution is 2.29. The van der Waals surface area contributed by atoms with Gasteiger partial charge in [-0.05, 0) is 44.0 Å². The van der Waals surface area contributed by atoms with E-state index in [1.807, 2.05) is 54.3 Å². The summed E-state index contributed by atoms with van der Waals surface area (Å²) in [5.41, 5.74) is 2.97. The fraction of sp³-hybridized carbons (Fsp3) is 0.440. The Morgan fingerprint density at radius 2 is 1.53 bits per heavy atom. The summed E-state index contributed by atoms with van der Waals surface area (Å²) in [5, 5.41) is 0. The first-order valence-corrected chi connectivity index (χ1v) is 10.9. The van der Waals surface area contributed by atoms with Crippen molar-refractivity contribution >= 4 is 11.8 Å². The zero-order valence-corrected chi connectivity index (χ0v) is 18.0. The summed E-state index contributed by atoms with van der Waals surface area (Å²) in [4.78, 5) is 32.6. The SMILES string of the molecule is Cc1ccccc1C(=O)N1CCC(C(=O)N2CCN(C)C[C@H]2c2ccccc2)CC1. The molecule has 1 atom stereocenters. The number of carbonyl (C=O) groups is 2. The number of likely N-dealkylation sites (N-methyl/N-ethyl adjacent to an activating group) is 1. The molecule has 2 aliphatic heterocycles. The van der Waals surface area contributed by atoms with Crippen LogP contribution in [-0.2, 0) is 4.79 Å². The normalized spacial score (nSPS) is 20.9. The maximum atomic E-state index is 13.4. The van der Waals surface area contributed by atoms with Gasteiger partial charge in [-0.1, -0.05) is 48.5 Å². The number of hydrogen-bond donors (Lipinski definition) is 0. The Balaban J connectivity index is 1.42. The van der Waals surface area contributed by atoms with Gasteiger partial charge in [-0.25, -0.2) is 0 Å². The minimum absolute atomic E-state index is 0.000499. The second-order valence-electron chi connectivity index (χ2n) is 8.60. The molecule has 2 aliphatic rings. The number of amides is 2. The second-order valence-corrected chi connectivity index (χ2v) is 8.60. The van der Waals surface area contributed by atoms with Crippen molar-refractivity contribution < 1.29 is 9.59 Å². The molecule has 0 spiro atoms. The van der Waals surface area contributed by atoms with E-state index in [-0.39, 0.29) is 23.8 Å². The van der Waals surface area contributed by atoms with E-state index in [0.717, 1.165) is 43.6 Å². The van der Waals surface area contributed by atoms with Gasteiger partial charge in [-0.15, -0.1) is 0 Å². The Morgan fingerprint density at radius 1 is 0.867 bits per heavy atom. The number of hydrogen-bond acceptors (Lipinski definition) is 3. The summed E-state index contributed by atoms with van der Waals surface area (Å²) in [7, 11) is 2.12. The van der Waals surface area contributed by atoms with Gasteiger partial charge in [0.1, 0.15) is 0 Å². The summed E-state index contributed by atoms with van der Waals surface area (Å²) in [6, 6.07) is 18.2. The van der Waals surface area contributed by atoms with Crippen LogP contribution in [0.5, 0.6) is 0 Å². The van der Waals surface area contributed by atoms with E-state index in [0.29, 0.717) is 13.1 Å². The van der Waals surface area contributed by atoms with Crippen LogP contribution in [-0.4, -0.2) is 66.3 Å². The van der Waals surface area contributed by atoms with Gasteiger partial charge in [0.25, 0.3) is 5.91 Å². The topological polar surface area (TPSA) is 43.9 Å². The van der Waals surface area contributed by atoms with Crippen molar-refractivity contribution in [3.05, 3.63) is 71.3 Å². The molecule has 0 aliphatic carbocycles. The van der Waals surface area contributed by atoms with E-state index >= 15 is 0 Å². The quantitative estimate of drug-likeness (QED) is 0.787. The van der Waals surface area contributed by atoms with Crippen molar-refractivity contribution in [3.8, 4) is 0 Å². The third kappa shape index (κ3) is 4.26. The average molecular weight is 406 g/mol. The number of rotatable bonds is 3. The largest absolute Gasteiger partial charge is 0.339 e. The molecule has 5 nitrogen and oxygen atoms in total. The van der Waals surface area contributed by atoms with Crippen molar-refractivity contribution in [1.82, 2.24) is 14.7 Å². The maximum Gasteiger partial charge on any atom is 0.254 e. The Morgan fingerprint density at radius 3 is 2.23 bits per heavy atom. The number of benzene rings is 2. The lowest BCUT2D eigenvalue weighted by Crippen LogP contribution is -2.52. The van der Waals surface area contributed by atoms with Crippen molar-refractivity contribution in [2.75, 3.05) is 39.8 Å². The van der Waals surface area contributed by atoms with E-state index in [1.54, 1.807) is 0 Å². The van der Waals surface area contributed by atoms with E-state index in [2.05, 4.69) is 29.0 Å². The Labute approximate surface area is 179 Å². The molecule has 2 aromatic carbocycles. The molecule has 2 aromatic rings. The lowest BCUT2D eigenvalue weighted by atomic mass is 9.92. The van der Waals surface area contributed by atoms with Gasteiger partial charge in [0.15, 0.2) is 0 Å². The van der Waals surface area contributed by atoms with Gasteiger partial charge in [-0.3, -0.25) is 9.59 Å². The summed E-state index contributed by atoms with van der Waals surface area (Å²) < 4.78 is 0. The van der Waals surface area contributed by atoms with Gasteiger partial charge in [-0.2, -0.15) is 0 Å². The van der Waals surface area contributed by atoms with Crippen LogP contribution in [0.3, 0.4) is 0 Å². The highest BCUT2D eigenvalue weighted by atomic mass is 16.2. The van der Waals surface area contributed by atoms with E-state index < -0.39 is 0 Å². The second kappa shape index (κ2) is 9.00. The highest BCUT2D eigenvalue weighted by molar-refractivity contribution is 5.95. The number of aryl methyl sites for hydroxylation is 1. The highest BCUT2D eigenvalue weighted by Gasteiger charge is 2.36. The molecule has 2 fully saturated rings. The zero-order chi connectivity index (χ0) is 21.1. The first-order valence-electron chi connectivity index (χ1n) is 10.9. The van der Waals surface area contributed by atoms with Gasteiger partial charge >= 0.3 is 0 Å². The van der Waals surface area contributed by atoms with Crippen LogP contribution in [0.2, 0.25) is 0 Å². The fourth-order valence-electron chi connectivity index (χ4n) is 4.69. The molecule has 30 heavy (non-hydrogen) atoms. The number of likely N-dealkylation sites (tertiary alicyclic amines) is 1. The number of carbonyl (C=O) groups excluding carboxylic acids is 2. The van der Waals surface area contributed by atoms with Gasteiger partial charge in [0.05, 0.1) is 6.04 Å². The summed E-state index contributed by atoms with van der Waals surface area (Å²) in [6.07, 6.45) is 1.48. The standard InChI is InChI=1S/C25H31N3O2/c1-19-8-6-7-11-22(19)25(30)27-14-12-21(13-15-27)24(29)28-17-16-26(2)18-23(28)20-9-4-3-5-10-20/h3-11,21,23H,12-18H2,1-2H3/t23-/m0/s1. The van der Waals surface area contributed by atoms with Crippen LogP contribution in [0, 0.1) is 12.8 Å². The van der Waals surface area contributed by atoms with Crippen molar-refractivity contribution in [2.45, 2.75) is 25.8 Å². The third-order valence-corrected chi connectivity index (χ3v) is 6.56. The molecule has 0 N–H and O–H groups in total. The third-order valence-electron chi connectivity index (χ3n) is 6.56. The molecule has 5 heteroatoms. The molecule has 0 bridgehead atoms. The molecule has 4 rings (SSSR count). The number of piperidine rings is 1. The minimum atomic E-state index is 0.000499. The molecule has 0 aromatic heterocycles. The van der Waals surface area contributed by atoms with Crippen molar-refractivity contribution in [1.29, 1.82) is 0 Å². The van der Waals surface area contributed by atoms with Gasteiger partial charge in [0.2, 0.25) is 5.91 Å². The van der Waals surface area contributed by atoms with Crippen LogP contribution in [0.15, 0.2) is 54.6 Å². The molecule has 0 unspecified atom stereocenters. The first-order chi connectivity index (χ1) is 14.5. The molecular weight excluding hydrogens is 374 g/mol. The minimum Gasteiger partial charge on any atom is -0.339 e.